The highest BCUT2D eigenvalue weighted by molar-refractivity contribution is 6.39. The van der Waals surface area contributed by atoms with Gasteiger partial charge in [0.05, 0.1) is 25.4 Å². The second-order valence-corrected chi connectivity index (χ2v) is 5.35. The first kappa shape index (κ1) is 18.3. The summed E-state index contributed by atoms with van der Waals surface area (Å²) in [7, 11) is 1.59. The lowest BCUT2D eigenvalue weighted by Gasteiger charge is -2.15. The van der Waals surface area contributed by atoms with Gasteiger partial charge in [-0.15, -0.1) is 0 Å². The van der Waals surface area contributed by atoms with E-state index in [2.05, 4.69) is 10.6 Å². The van der Waals surface area contributed by atoms with Crippen molar-refractivity contribution in [3.63, 3.8) is 0 Å². The molecule has 0 fully saturated rings. The molecule has 25 heavy (non-hydrogen) atoms. The van der Waals surface area contributed by atoms with Gasteiger partial charge in [0.2, 0.25) is 0 Å². The molecule has 1 atom stereocenters. The smallest absolute Gasteiger partial charge is 0.313 e. The molecular weight excluding hydrogens is 320 g/mol. The molecule has 0 aromatic heterocycles. The number of carbonyl (C=O) groups excluding carboxylic acids is 2. The minimum atomic E-state index is -0.743. The molecule has 0 spiro atoms. The Morgan fingerprint density at radius 3 is 2.36 bits per heavy atom. The van der Waals surface area contributed by atoms with Crippen LogP contribution in [0.5, 0.6) is 11.5 Å². The second-order valence-electron chi connectivity index (χ2n) is 5.35. The molecule has 0 heterocycles. The zero-order valence-corrected chi connectivity index (χ0v) is 14.5. The molecule has 0 saturated carbocycles. The van der Waals surface area contributed by atoms with Crippen molar-refractivity contribution < 1.29 is 19.1 Å². The lowest BCUT2D eigenvalue weighted by molar-refractivity contribution is -0.136. The molecule has 1 unspecified atom stereocenters. The average Bonchev–Trinajstić information content (AvgIpc) is 2.63. The molecule has 2 amide bonds. The predicted octanol–water partition coefficient (Wildman–Crippen LogP) is 2.91. The van der Waals surface area contributed by atoms with Gasteiger partial charge < -0.3 is 20.1 Å². The van der Waals surface area contributed by atoms with Crippen molar-refractivity contribution in [3.05, 3.63) is 54.1 Å². The summed E-state index contributed by atoms with van der Waals surface area (Å²) in [5.74, 6) is -0.205. The predicted molar refractivity (Wildman–Crippen MR) is 95.8 cm³/mol. The number of hydrogen-bond donors (Lipinski definition) is 2. The lowest BCUT2D eigenvalue weighted by Crippen LogP contribution is -2.37. The van der Waals surface area contributed by atoms with Gasteiger partial charge in [0.15, 0.2) is 0 Å². The van der Waals surface area contributed by atoms with Crippen molar-refractivity contribution in [2.45, 2.75) is 19.9 Å². The molecule has 0 aliphatic rings. The molecule has 0 saturated heterocycles. The molecule has 0 aliphatic heterocycles. The highest BCUT2D eigenvalue weighted by atomic mass is 16.5. The largest absolute Gasteiger partial charge is 0.497 e. The Morgan fingerprint density at radius 2 is 1.72 bits per heavy atom. The third-order valence-electron chi connectivity index (χ3n) is 3.60. The van der Waals surface area contributed by atoms with Crippen molar-refractivity contribution >= 4 is 17.5 Å². The van der Waals surface area contributed by atoms with E-state index in [9.17, 15) is 9.59 Å². The minimum absolute atomic E-state index is 0.314. The Labute approximate surface area is 147 Å². The summed E-state index contributed by atoms with van der Waals surface area (Å²) in [6.45, 7) is 4.12. The average molecular weight is 342 g/mol. The molecule has 0 bridgehead atoms. The molecule has 2 aromatic carbocycles. The Balaban J connectivity index is 1.99. The molecule has 0 radical (unpaired) electrons. The fourth-order valence-corrected chi connectivity index (χ4v) is 2.27. The standard InChI is InChI=1S/C19H22N2O4/c1-4-25-17-8-6-5-7-16(17)21-19(23)18(22)20-13(2)14-9-11-15(24-3)12-10-14/h5-13H,4H2,1-3H3,(H,20,22)(H,21,23). The zero-order chi connectivity index (χ0) is 18.2. The summed E-state index contributed by atoms with van der Waals surface area (Å²) in [4.78, 5) is 24.3. The lowest BCUT2D eigenvalue weighted by atomic mass is 10.1. The topological polar surface area (TPSA) is 76.7 Å². The van der Waals surface area contributed by atoms with Crippen LogP contribution in [0.3, 0.4) is 0 Å². The fourth-order valence-electron chi connectivity index (χ4n) is 2.27. The van der Waals surface area contributed by atoms with Gasteiger partial charge in [0.1, 0.15) is 11.5 Å². The van der Waals surface area contributed by atoms with Gasteiger partial charge in [-0.2, -0.15) is 0 Å². The first-order chi connectivity index (χ1) is 12.0. The SMILES string of the molecule is CCOc1ccccc1NC(=O)C(=O)NC(C)c1ccc(OC)cc1. The summed E-state index contributed by atoms with van der Waals surface area (Å²) < 4.78 is 10.5. The number of carbonyl (C=O) groups is 2. The van der Waals surface area contributed by atoms with Crippen LogP contribution in [0.4, 0.5) is 5.69 Å². The van der Waals surface area contributed by atoms with Crippen LogP contribution < -0.4 is 20.1 Å². The maximum Gasteiger partial charge on any atom is 0.313 e. The first-order valence-corrected chi connectivity index (χ1v) is 8.02. The number of anilines is 1. The third-order valence-corrected chi connectivity index (χ3v) is 3.60. The van der Waals surface area contributed by atoms with Crippen molar-refractivity contribution in [2.75, 3.05) is 19.0 Å². The first-order valence-electron chi connectivity index (χ1n) is 8.02. The van der Waals surface area contributed by atoms with Crippen LogP contribution >= 0.6 is 0 Å². The fraction of sp³-hybridized carbons (Fsp3) is 0.263. The number of para-hydroxylation sites is 2. The van der Waals surface area contributed by atoms with Gasteiger partial charge in [-0.25, -0.2) is 0 Å². The maximum atomic E-state index is 12.1. The number of ether oxygens (including phenoxy) is 2. The van der Waals surface area contributed by atoms with Crippen molar-refractivity contribution in [1.29, 1.82) is 0 Å². The van der Waals surface area contributed by atoms with E-state index in [1.54, 1.807) is 50.4 Å². The van der Waals surface area contributed by atoms with Crippen molar-refractivity contribution in [2.24, 2.45) is 0 Å². The van der Waals surface area contributed by atoms with Gasteiger partial charge in [-0.05, 0) is 43.7 Å². The van der Waals surface area contributed by atoms with E-state index in [1.807, 2.05) is 19.1 Å². The Kier molecular flexibility index (Phi) is 6.39. The van der Waals surface area contributed by atoms with E-state index in [-0.39, 0.29) is 6.04 Å². The summed E-state index contributed by atoms with van der Waals surface area (Å²) >= 11 is 0. The highest BCUT2D eigenvalue weighted by Gasteiger charge is 2.18. The zero-order valence-electron chi connectivity index (χ0n) is 14.5. The monoisotopic (exact) mass is 342 g/mol. The van der Waals surface area contributed by atoms with E-state index in [0.29, 0.717) is 18.0 Å². The van der Waals surface area contributed by atoms with E-state index in [0.717, 1.165) is 11.3 Å². The van der Waals surface area contributed by atoms with E-state index < -0.39 is 11.8 Å². The van der Waals surface area contributed by atoms with E-state index >= 15 is 0 Å². The van der Waals surface area contributed by atoms with E-state index in [1.165, 1.54) is 0 Å². The normalized spacial score (nSPS) is 11.3. The molecule has 6 nitrogen and oxygen atoms in total. The van der Waals surface area contributed by atoms with Crippen LogP contribution in [0.15, 0.2) is 48.5 Å². The van der Waals surface area contributed by atoms with Crippen LogP contribution in [0, 0.1) is 0 Å². The number of rotatable bonds is 6. The van der Waals surface area contributed by atoms with Crippen molar-refractivity contribution in [3.8, 4) is 11.5 Å². The summed E-state index contributed by atoms with van der Waals surface area (Å²) in [6.07, 6.45) is 0. The third kappa shape index (κ3) is 4.97. The Hall–Kier alpha value is -3.02. The Bertz CT molecular complexity index is 728. The molecule has 2 rings (SSSR count). The number of nitrogens with one attached hydrogen (secondary N) is 2. The molecule has 132 valence electrons. The highest BCUT2D eigenvalue weighted by Crippen LogP contribution is 2.23. The molecule has 6 heteroatoms. The van der Waals surface area contributed by atoms with Gasteiger partial charge in [-0.3, -0.25) is 9.59 Å². The van der Waals surface area contributed by atoms with Crippen LogP contribution in [-0.4, -0.2) is 25.5 Å². The number of benzene rings is 2. The Morgan fingerprint density at radius 1 is 1.04 bits per heavy atom. The quantitative estimate of drug-likeness (QED) is 0.792. The van der Waals surface area contributed by atoms with Gasteiger partial charge in [0, 0.05) is 0 Å². The van der Waals surface area contributed by atoms with Crippen LogP contribution in [0.1, 0.15) is 25.5 Å². The van der Waals surface area contributed by atoms with Crippen molar-refractivity contribution in [1.82, 2.24) is 5.32 Å². The summed E-state index contributed by atoms with van der Waals surface area (Å²) in [5, 5.41) is 5.25. The van der Waals surface area contributed by atoms with Crippen LogP contribution in [0.2, 0.25) is 0 Å². The van der Waals surface area contributed by atoms with Gasteiger partial charge in [-0.1, -0.05) is 24.3 Å². The van der Waals surface area contributed by atoms with Gasteiger partial charge >= 0.3 is 11.8 Å². The summed E-state index contributed by atoms with van der Waals surface area (Å²) in [5.41, 5.74) is 1.33. The molecule has 0 aliphatic carbocycles. The van der Waals surface area contributed by atoms with E-state index in [4.69, 9.17) is 9.47 Å². The number of hydrogen-bond acceptors (Lipinski definition) is 4. The molecular formula is C19H22N2O4. The molecule has 2 aromatic rings. The van der Waals surface area contributed by atoms with Crippen LogP contribution in [0.25, 0.3) is 0 Å². The summed E-state index contributed by atoms with van der Waals surface area (Å²) in [6, 6.07) is 13.9. The number of methoxy groups -OCH3 is 1. The number of amides is 2. The molecule has 2 N–H and O–H groups in total. The second kappa shape index (κ2) is 8.73. The van der Waals surface area contributed by atoms with Gasteiger partial charge in [0.25, 0.3) is 0 Å². The maximum absolute atomic E-state index is 12.1. The minimum Gasteiger partial charge on any atom is -0.497 e. The van der Waals surface area contributed by atoms with Crippen LogP contribution in [-0.2, 0) is 9.59 Å².